The summed E-state index contributed by atoms with van der Waals surface area (Å²) >= 11 is 16.2. The van der Waals surface area contributed by atoms with Crippen molar-refractivity contribution < 1.29 is 9.47 Å². The number of hydrogen-bond donors (Lipinski definition) is 0. The molecule has 0 aromatic heterocycles. The first-order chi connectivity index (χ1) is 9.96. The van der Waals surface area contributed by atoms with E-state index in [1.54, 1.807) is 20.3 Å². The summed E-state index contributed by atoms with van der Waals surface area (Å²) in [5.74, 6) is 1.24. The van der Waals surface area contributed by atoms with Gasteiger partial charge in [0.25, 0.3) is 0 Å². The highest BCUT2D eigenvalue weighted by molar-refractivity contribution is 9.09. The SMILES string of the molecule is COc1cc(Cl)c(C(Br)c2cc(C)cc(Cl)c2)cc1OC. The van der Waals surface area contributed by atoms with Gasteiger partial charge < -0.3 is 9.47 Å². The number of rotatable bonds is 4. The van der Waals surface area contributed by atoms with Crippen molar-refractivity contribution in [3.63, 3.8) is 0 Å². The molecule has 0 N–H and O–H groups in total. The molecule has 1 unspecified atom stereocenters. The fraction of sp³-hybridized carbons (Fsp3) is 0.250. The summed E-state index contributed by atoms with van der Waals surface area (Å²) in [7, 11) is 3.18. The monoisotopic (exact) mass is 388 g/mol. The zero-order chi connectivity index (χ0) is 15.6. The van der Waals surface area contributed by atoms with Crippen LogP contribution >= 0.6 is 39.1 Å². The third kappa shape index (κ3) is 3.65. The van der Waals surface area contributed by atoms with Gasteiger partial charge in [0.2, 0.25) is 0 Å². The lowest BCUT2D eigenvalue weighted by atomic mass is 10.0. The van der Waals surface area contributed by atoms with E-state index in [0.717, 1.165) is 16.7 Å². The van der Waals surface area contributed by atoms with E-state index in [4.69, 9.17) is 32.7 Å². The lowest BCUT2D eigenvalue weighted by molar-refractivity contribution is 0.354. The molecule has 0 saturated carbocycles. The maximum Gasteiger partial charge on any atom is 0.162 e. The fourth-order valence-corrected chi connectivity index (χ4v) is 3.49. The Hall–Kier alpha value is -0.900. The first-order valence-corrected chi connectivity index (χ1v) is 7.96. The van der Waals surface area contributed by atoms with Crippen molar-refractivity contribution in [2.24, 2.45) is 0 Å². The maximum atomic E-state index is 6.36. The molecule has 2 rings (SSSR count). The van der Waals surface area contributed by atoms with E-state index in [9.17, 15) is 0 Å². The van der Waals surface area contributed by atoms with Crippen molar-refractivity contribution in [2.75, 3.05) is 14.2 Å². The average Bonchev–Trinajstić information content (AvgIpc) is 2.45. The van der Waals surface area contributed by atoms with E-state index in [-0.39, 0.29) is 4.83 Å². The Morgan fingerprint density at radius 2 is 1.57 bits per heavy atom. The summed E-state index contributed by atoms with van der Waals surface area (Å²) in [6, 6.07) is 9.53. The van der Waals surface area contributed by atoms with Gasteiger partial charge in [-0.3, -0.25) is 0 Å². The molecule has 0 amide bonds. The van der Waals surface area contributed by atoms with Crippen molar-refractivity contribution >= 4 is 39.1 Å². The third-order valence-electron chi connectivity index (χ3n) is 3.13. The van der Waals surface area contributed by atoms with Crippen molar-refractivity contribution in [2.45, 2.75) is 11.8 Å². The molecule has 0 spiro atoms. The van der Waals surface area contributed by atoms with Crippen LogP contribution in [0.1, 0.15) is 21.5 Å². The molecule has 0 saturated heterocycles. The van der Waals surface area contributed by atoms with E-state index in [1.165, 1.54) is 0 Å². The number of methoxy groups -OCH3 is 2. The van der Waals surface area contributed by atoms with Gasteiger partial charge in [0.1, 0.15) is 0 Å². The number of benzene rings is 2. The maximum absolute atomic E-state index is 6.36. The van der Waals surface area contributed by atoms with Gasteiger partial charge in [-0.15, -0.1) is 0 Å². The van der Waals surface area contributed by atoms with Crippen molar-refractivity contribution in [1.29, 1.82) is 0 Å². The van der Waals surface area contributed by atoms with Crippen LogP contribution in [0.5, 0.6) is 11.5 Å². The Bertz CT molecular complexity index is 639. The van der Waals surface area contributed by atoms with Crippen LogP contribution in [0, 0.1) is 6.92 Å². The molecule has 112 valence electrons. The Labute approximate surface area is 143 Å². The van der Waals surface area contributed by atoms with Crippen LogP contribution in [0.25, 0.3) is 0 Å². The molecular weight excluding hydrogens is 375 g/mol. The first kappa shape index (κ1) is 16.5. The zero-order valence-electron chi connectivity index (χ0n) is 11.9. The Morgan fingerprint density at radius 1 is 0.952 bits per heavy atom. The molecule has 2 aromatic carbocycles. The smallest absolute Gasteiger partial charge is 0.162 e. The second-order valence-electron chi connectivity index (χ2n) is 4.65. The number of aryl methyl sites for hydroxylation is 1. The van der Waals surface area contributed by atoms with Crippen LogP contribution in [0.3, 0.4) is 0 Å². The van der Waals surface area contributed by atoms with Gasteiger partial charge in [-0.05, 0) is 41.8 Å². The highest BCUT2D eigenvalue weighted by Gasteiger charge is 2.18. The third-order valence-corrected chi connectivity index (χ3v) is 4.70. The molecule has 0 aliphatic heterocycles. The molecule has 0 bridgehead atoms. The van der Waals surface area contributed by atoms with E-state index in [1.807, 2.05) is 25.1 Å². The van der Waals surface area contributed by atoms with Gasteiger partial charge in [-0.2, -0.15) is 0 Å². The van der Waals surface area contributed by atoms with Crippen LogP contribution in [-0.4, -0.2) is 14.2 Å². The van der Waals surface area contributed by atoms with Gasteiger partial charge >= 0.3 is 0 Å². The number of halogens is 3. The van der Waals surface area contributed by atoms with Crippen LogP contribution in [0.15, 0.2) is 30.3 Å². The van der Waals surface area contributed by atoms with Crippen LogP contribution < -0.4 is 9.47 Å². The lowest BCUT2D eigenvalue weighted by Crippen LogP contribution is -1.98. The van der Waals surface area contributed by atoms with Gasteiger partial charge in [0.15, 0.2) is 11.5 Å². The summed E-state index contributed by atoms with van der Waals surface area (Å²) in [4.78, 5) is -0.0813. The highest BCUT2D eigenvalue weighted by atomic mass is 79.9. The topological polar surface area (TPSA) is 18.5 Å². The fourth-order valence-electron chi connectivity index (χ4n) is 2.15. The Morgan fingerprint density at radius 3 is 2.14 bits per heavy atom. The summed E-state index contributed by atoms with van der Waals surface area (Å²) in [6.45, 7) is 2.01. The average molecular weight is 390 g/mol. The molecule has 0 radical (unpaired) electrons. The first-order valence-electron chi connectivity index (χ1n) is 6.29. The molecule has 21 heavy (non-hydrogen) atoms. The van der Waals surface area contributed by atoms with E-state index in [0.29, 0.717) is 21.5 Å². The van der Waals surface area contributed by atoms with E-state index in [2.05, 4.69) is 22.0 Å². The van der Waals surface area contributed by atoms with Crippen LogP contribution in [0.4, 0.5) is 0 Å². The normalized spacial score (nSPS) is 12.1. The minimum Gasteiger partial charge on any atom is -0.493 e. The highest BCUT2D eigenvalue weighted by Crippen LogP contribution is 2.41. The van der Waals surface area contributed by atoms with Crippen molar-refractivity contribution in [3.05, 3.63) is 57.1 Å². The summed E-state index contributed by atoms with van der Waals surface area (Å²) in [6.07, 6.45) is 0. The minimum atomic E-state index is -0.0813. The largest absolute Gasteiger partial charge is 0.493 e. The zero-order valence-corrected chi connectivity index (χ0v) is 15.0. The second-order valence-corrected chi connectivity index (χ2v) is 6.41. The summed E-state index contributed by atoms with van der Waals surface area (Å²) in [5.41, 5.74) is 3.03. The number of hydrogen-bond acceptors (Lipinski definition) is 2. The van der Waals surface area contributed by atoms with Crippen molar-refractivity contribution in [3.8, 4) is 11.5 Å². The molecule has 0 aliphatic rings. The quantitative estimate of drug-likeness (QED) is 0.615. The molecule has 2 nitrogen and oxygen atoms in total. The molecule has 2 aromatic rings. The molecule has 0 aliphatic carbocycles. The Kier molecular flexibility index (Phi) is 5.42. The molecule has 5 heteroatoms. The van der Waals surface area contributed by atoms with Gasteiger partial charge in [-0.1, -0.05) is 45.2 Å². The Balaban J connectivity index is 2.49. The number of alkyl halides is 1. The minimum absolute atomic E-state index is 0.0813. The van der Waals surface area contributed by atoms with E-state index >= 15 is 0 Å². The molecular formula is C16H15BrCl2O2. The lowest BCUT2D eigenvalue weighted by Gasteiger charge is -2.17. The summed E-state index contributed by atoms with van der Waals surface area (Å²) in [5, 5.41) is 1.30. The van der Waals surface area contributed by atoms with Crippen molar-refractivity contribution in [1.82, 2.24) is 0 Å². The number of ether oxygens (including phenoxy) is 2. The standard InChI is InChI=1S/C16H15BrCl2O2/c1-9-4-10(6-11(18)5-9)16(17)12-7-14(20-2)15(21-3)8-13(12)19/h4-8,16H,1-3H3. The predicted octanol–water partition coefficient (Wildman–Crippen LogP) is 5.80. The predicted molar refractivity (Wildman–Crippen MR) is 91.5 cm³/mol. The van der Waals surface area contributed by atoms with Crippen LogP contribution in [0.2, 0.25) is 10.0 Å². The van der Waals surface area contributed by atoms with Crippen LogP contribution in [-0.2, 0) is 0 Å². The summed E-state index contributed by atoms with van der Waals surface area (Å²) < 4.78 is 10.6. The molecule has 0 fully saturated rings. The van der Waals surface area contributed by atoms with E-state index < -0.39 is 0 Å². The van der Waals surface area contributed by atoms with Gasteiger partial charge in [0, 0.05) is 16.1 Å². The second kappa shape index (κ2) is 6.91. The molecule has 1 atom stereocenters. The van der Waals surface area contributed by atoms with Gasteiger partial charge in [0.05, 0.1) is 19.0 Å². The molecule has 0 heterocycles. The van der Waals surface area contributed by atoms with Gasteiger partial charge in [-0.25, -0.2) is 0 Å².